The first-order chi connectivity index (χ1) is 8.24. The Balaban J connectivity index is 1.93. The van der Waals surface area contributed by atoms with Gasteiger partial charge < -0.3 is 0 Å². The zero-order chi connectivity index (χ0) is 12.1. The van der Waals surface area contributed by atoms with Crippen LogP contribution in [0.5, 0.6) is 0 Å². The van der Waals surface area contributed by atoms with Crippen molar-refractivity contribution in [3.8, 4) is 0 Å². The van der Waals surface area contributed by atoms with Crippen molar-refractivity contribution in [1.82, 2.24) is 14.9 Å². The number of hydrogen-bond acceptors (Lipinski definition) is 3. The molecule has 0 saturated heterocycles. The molecule has 0 spiro atoms. The summed E-state index contributed by atoms with van der Waals surface area (Å²) >= 11 is 5.69. The van der Waals surface area contributed by atoms with Gasteiger partial charge in [-0.2, -0.15) is 0 Å². The molecule has 88 valence electrons. The summed E-state index contributed by atoms with van der Waals surface area (Å²) in [6.45, 7) is 1.66. The molecule has 1 heterocycles. The van der Waals surface area contributed by atoms with Crippen molar-refractivity contribution in [1.29, 1.82) is 0 Å². The maximum atomic E-state index is 5.69. The lowest BCUT2D eigenvalue weighted by Gasteiger charge is -2.15. The van der Waals surface area contributed by atoms with Gasteiger partial charge in [-0.25, -0.2) is 4.98 Å². The van der Waals surface area contributed by atoms with Crippen LogP contribution < -0.4 is 0 Å². The van der Waals surface area contributed by atoms with Crippen molar-refractivity contribution in [3.63, 3.8) is 0 Å². The summed E-state index contributed by atoms with van der Waals surface area (Å²) in [5, 5.41) is 0.430. The van der Waals surface area contributed by atoms with E-state index in [1.54, 1.807) is 12.4 Å². The molecule has 0 aliphatic rings. The molecule has 2 aromatic rings. The van der Waals surface area contributed by atoms with Crippen LogP contribution in [0, 0.1) is 0 Å². The molecule has 0 fully saturated rings. The standard InChI is InChI=1S/C13H14ClN3/c1-17(9-11-5-3-2-4-6-11)10-12-7-16-13(14)8-15-12/h2-8H,9-10H2,1H3. The third-order valence-corrected chi connectivity index (χ3v) is 2.60. The molecule has 0 N–H and O–H groups in total. The predicted octanol–water partition coefficient (Wildman–Crippen LogP) is 2.76. The van der Waals surface area contributed by atoms with Crippen molar-refractivity contribution in [2.24, 2.45) is 0 Å². The Bertz CT molecular complexity index is 456. The van der Waals surface area contributed by atoms with Gasteiger partial charge in [0, 0.05) is 13.1 Å². The number of hydrogen-bond donors (Lipinski definition) is 0. The summed E-state index contributed by atoms with van der Waals surface area (Å²) in [6, 6.07) is 10.3. The summed E-state index contributed by atoms with van der Waals surface area (Å²) in [6.07, 6.45) is 3.29. The van der Waals surface area contributed by atoms with Crippen LogP contribution in [0.15, 0.2) is 42.7 Å². The van der Waals surface area contributed by atoms with E-state index in [2.05, 4.69) is 34.0 Å². The molecular formula is C13H14ClN3. The van der Waals surface area contributed by atoms with E-state index < -0.39 is 0 Å². The van der Waals surface area contributed by atoms with Gasteiger partial charge in [0.25, 0.3) is 0 Å². The monoisotopic (exact) mass is 247 g/mol. The zero-order valence-electron chi connectivity index (χ0n) is 9.68. The van der Waals surface area contributed by atoms with Crippen LogP contribution in [0.4, 0.5) is 0 Å². The fraction of sp³-hybridized carbons (Fsp3) is 0.231. The van der Waals surface area contributed by atoms with E-state index in [0.717, 1.165) is 18.8 Å². The molecule has 17 heavy (non-hydrogen) atoms. The van der Waals surface area contributed by atoms with Crippen molar-refractivity contribution in [3.05, 3.63) is 59.1 Å². The summed E-state index contributed by atoms with van der Waals surface area (Å²) in [7, 11) is 2.06. The van der Waals surface area contributed by atoms with Crippen LogP contribution >= 0.6 is 11.6 Å². The fourth-order valence-corrected chi connectivity index (χ4v) is 1.75. The molecule has 0 aliphatic carbocycles. The Labute approximate surface area is 106 Å². The van der Waals surface area contributed by atoms with Gasteiger partial charge in [0.05, 0.1) is 18.1 Å². The van der Waals surface area contributed by atoms with Gasteiger partial charge in [0.1, 0.15) is 5.15 Å². The molecular weight excluding hydrogens is 234 g/mol. The van der Waals surface area contributed by atoms with Gasteiger partial charge in [-0.1, -0.05) is 41.9 Å². The fourth-order valence-electron chi connectivity index (χ4n) is 1.65. The van der Waals surface area contributed by atoms with Gasteiger partial charge in [-0.3, -0.25) is 9.88 Å². The molecule has 0 amide bonds. The highest BCUT2D eigenvalue weighted by molar-refractivity contribution is 6.29. The van der Waals surface area contributed by atoms with Crippen LogP contribution in [0.3, 0.4) is 0 Å². The second kappa shape index (κ2) is 5.75. The molecule has 1 aromatic heterocycles. The minimum Gasteiger partial charge on any atom is -0.296 e. The highest BCUT2D eigenvalue weighted by Crippen LogP contribution is 2.07. The summed E-state index contributed by atoms with van der Waals surface area (Å²) in [4.78, 5) is 10.4. The largest absolute Gasteiger partial charge is 0.296 e. The first kappa shape index (κ1) is 12.0. The van der Waals surface area contributed by atoms with Crippen LogP contribution in [0.25, 0.3) is 0 Å². The average molecular weight is 248 g/mol. The number of aromatic nitrogens is 2. The number of rotatable bonds is 4. The van der Waals surface area contributed by atoms with E-state index in [0.29, 0.717) is 5.15 Å². The second-order valence-corrected chi connectivity index (χ2v) is 4.38. The minimum atomic E-state index is 0.430. The smallest absolute Gasteiger partial charge is 0.147 e. The maximum Gasteiger partial charge on any atom is 0.147 e. The molecule has 0 bridgehead atoms. The van der Waals surface area contributed by atoms with E-state index in [1.807, 2.05) is 18.2 Å². The lowest BCUT2D eigenvalue weighted by molar-refractivity contribution is 0.314. The SMILES string of the molecule is CN(Cc1ccccc1)Cc1cnc(Cl)cn1. The van der Waals surface area contributed by atoms with E-state index >= 15 is 0 Å². The molecule has 0 aliphatic heterocycles. The van der Waals surface area contributed by atoms with Crippen LogP contribution in [-0.2, 0) is 13.1 Å². The number of halogens is 1. The van der Waals surface area contributed by atoms with E-state index in [-0.39, 0.29) is 0 Å². The number of benzene rings is 1. The Hall–Kier alpha value is -1.45. The molecule has 1 aromatic carbocycles. The van der Waals surface area contributed by atoms with E-state index in [1.165, 1.54) is 5.56 Å². The van der Waals surface area contributed by atoms with Crippen molar-refractivity contribution in [2.75, 3.05) is 7.05 Å². The Morgan fingerprint density at radius 2 is 1.82 bits per heavy atom. The zero-order valence-corrected chi connectivity index (χ0v) is 10.4. The lowest BCUT2D eigenvalue weighted by Crippen LogP contribution is -2.18. The van der Waals surface area contributed by atoms with Crippen LogP contribution in [-0.4, -0.2) is 21.9 Å². The van der Waals surface area contributed by atoms with Gasteiger partial charge in [0.15, 0.2) is 0 Å². The van der Waals surface area contributed by atoms with E-state index in [4.69, 9.17) is 11.6 Å². The topological polar surface area (TPSA) is 29.0 Å². The molecule has 3 nitrogen and oxygen atoms in total. The summed E-state index contributed by atoms with van der Waals surface area (Å²) in [5.74, 6) is 0. The van der Waals surface area contributed by atoms with Gasteiger partial charge >= 0.3 is 0 Å². The normalized spacial score (nSPS) is 10.8. The average Bonchev–Trinajstić information content (AvgIpc) is 2.33. The van der Waals surface area contributed by atoms with Gasteiger partial charge in [0.2, 0.25) is 0 Å². The first-order valence-corrected chi connectivity index (χ1v) is 5.81. The van der Waals surface area contributed by atoms with Crippen LogP contribution in [0.2, 0.25) is 5.15 Å². The summed E-state index contributed by atoms with van der Waals surface area (Å²) < 4.78 is 0. The third kappa shape index (κ3) is 3.80. The highest BCUT2D eigenvalue weighted by atomic mass is 35.5. The van der Waals surface area contributed by atoms with Gasteiger partial charge in [-0.05, 0) is 12.6 Å². The Kier molecular flexibility index (Phi) is 4.07. The molecule has 0 unspecified atom stereocenters. The predicted molar refractivity (Wildman–Crippen MR) is 68.7 cm³/mol. The Morgan fingerprint density at radius 3 is 2.47 bits per heavy atom. The van der Waals surface area contributed by atoms with Crippen molar-refractivity contribution >= 4 is 11.6 Å². The van der Waals surface area contributed by atoms with Crippen molar-refractivity contribution < 1.29 is 0 Å². The highest BCUT2D eigenvalue weighted by Gasteiger charge is 2.03. The third-order valence-electron chi connectivity index (χ3n) is 2.40. The lowest BCUT2D eigenvalue weighted by atomic mass is 10.2. The van der Waals surface area contributed by atoms with Crippen molar-refractivity contribution in [2.45, 2.75) is 13.1 Å². The first-order valence-electron chi connectivity index (χ1n) is 5.43. The molecule has 0 saturated carbocycles. The second-order valence-electron chi connectivity index (χ2n) is 3.99. The summed E-state index contributed by atoms with van der Waals surface area (Å²) in [5.41, 5.74) is 2.21. The minimum absolute atomic E-state index is 0.430. The van der Waals surface area contributed by atoms with E-state index in [9.17, 15) is 0 Å². The maximum absolute atomic E-state index is 5.69. The molecule has 0 atom stereocenters. The number of nitrogens with zero attached hydrogens (tertiary/aromatic N) is 3. The molecule has 2 rings (SSSR count). The quantitative estimate of drug-likeness (QED) is 0.832. The van der Waals surface area contributed by atoms with Crippen LogP contribution in [0.1, 0.15) is 11.3 Å². The Morgan fingerprint density at radius 1 is 1.06 bits per heavy atom. The molecule has 0 radical (unpaired) electrons. The molecule has 4 heteroatoms. The van der Waals surface area contributed by atoms with Gasteiger partial charge in [-0.15, -0.1) is 0 Å².